The minimum absolute atomic E-state index is 0.0176. The van der Waals surface area contributed by atoms with Crippen molar-refractivity contribution in [2.75, 3.05) is 25.7 Å². The maximum absolute atomic E-state index is 13.3. The average molecular weight is 521 g/mol. The van der Waals surface area contributed by atoms with Crippen LogP contribution in [0.5, 0.6) is 11.5 Å². The molecule has 1 saturated heterocycles. The van der Waals surface area contributed by atoms with Crippen LogP contribution >= 0.6 is 11.3 Å². The molecular weight excluding hydrogens is 496 g/mol. The number of aliphatic hydroxyl groups excluding tert-OH is 1. The van der Waals surface area contributed by atoms with Gasteiger partial charge in [-0.3, -0.25) is 14.5 Å². The number of Topliss-reactive ketones (excluding diaryl/α,β-unsaturated/α-hetero) is 1. The van der Waals surface area contributed by atoms with Gasteiger partial charge < -0.3 is 19.3 Å². The fourth-order valence-corrected chi connectivity index (χ4v) is 4.90. The Morgan fingerprint density at radius 1 is 1.08 bits per heavy atom. The molecule has 0 spiro atoms. The second-order valence-corrected chi connectivity index (χ2v) is 8.95. The van der Waals surface area contributed by atoms with Crippen LogP contribution in [0.2, 0.25) is 0 Å². The molecule has 0 bridgehead atoms. The van der Waals surface area contributed by atoms with Crippen molar-refractivity contribution in [2.24, 2.45) is 0 Å². The van der Waals surface area contributed by atoms with E-state index >= 15 is 0 Å². The molecule has 2 aromatic carbocycles. The summed E-state index contributed by atoms with van der Waals surface area (Å²) in [6, 6.07) is 12.2. The van der Waals surface area contributed by atoms with E-state index in [0.717, 1.165) is 11.3 Å². The van der Waals surface area contributed by atoms with Crippen LogP contribution in [0.4, 0.5) is 5.13 Å². The molecule has 4 rings (SSSR count). The fraction of sp³-hybridized carbons (Fsp3) is 0.185. The number of rotatable bonds is 8. The average Bonchev–Trinajstić information content (AvgIpc) is 3.43. The first-order valence-corrected chi connectivity index (χ1v) is 12.0. The third-order valence-electron chi connectivity index (χ3n) is 5.75. The zero-order valence-corrected chi connectivity index (χ0v) is 21.2. The molecule has 1 atom stereocenters. The number of aryl methyl sites for hydroxylation is 1. The van der Waals surface area contributed by atoms with Crippen molar-refractivity contribution < 1.29 is 33.7 Å². The van der Waals surface area contributed by atoms with Crippen molar-refractivity contribution >= 4 is 39.9 Å². The van der Waals surface area contributed by atoms with E-state index in [9.17, 15) is 19.5 Å². The predicted molar refractivity (Wildman–Crippen MR) is 138 cm³/mol. The molecular formula is C27H24N2O7S. The summed E-state index contributed by atoms with van der Waals surface area (Å²) in [5.74, 6) is -1.57. The van der Waals surface area contributed by atoms with Crippen LogP contribution < -0.4 is 14.4 Å². The highest BCUT2D eigenvalue weighted by Crippen LogP contribution is 2.44. The van der Waals surface area contributed by atoms with Gasteiger partial charge >= 0.3 is 11.9 Å². The van der Waals surface area contributed by atoms with Crippen LogP contribution in [0.1, 0.15) is 32.5 Å². The number of ether oxygens (including phenoxy) is 3. The highest BCUT2D eigenvalue weighted by molar-refractivity contribution is 7.17. The van der Waals surface area contributed by atoms with Crippen LogP contribution in [0.3, 0.4) is 0 Å². The number of ketones is 1. The van der Waals surface area contributed by atoms with Crippen LogP contribution in [-0.4, -0.2) is 48.6 Å². The maximum Gasteiger partial charge on any atom is 0.350 e. The van der Waals surface area contributed by atoms with Crippen LogP contribution in [-0.2, 0) is 14.3 Å². The number of hydrogen-bond acceptors (Lipinski definition) is 9. The van der Waals surface area contributed by atoms with Gasteiger partial charge in [0.2, 0.25) is 0 Å². The molecule has 37 heavy (non-hydrogen) atoms. The lowest BCUT2D eigenvalue weighted by Gasteiger charge is -2.23. The quantitative estimate of drug-likeness (QED) is 0.152. The summed E-state index contributed by atoms with van der Waals surface area (Å²) in [5, 5.41) is 11.4. The number of methoxy groups -OCH3 is 2. The van der Waals surface area contributed by atoms with E-state index in [4.69, 9.17) is 14.2 Å². The summed E-state index contributed by atoms with van der Waals surface area (Å²) in [6.07, 6.45) is 1.44. The Labute approximate surface area is 217 Å². The molecule has 10 heteroatoms. The third-order valence-corrected chi connectivity index (χ3v) is 6.89. The monoisotopic (exact) mass is 520 g/mol. The van der Waals surface area contributed by atoms with Gasteiger partial charge in [-0.15, -0.1) is 0 Å². The van der Waals surface area contributed by atoms with E-state index in [-0.39, 0.29) is 27.9 Å². The summed E-state index contributed by atoms with van der Waals surface area (Å²) < 4.78 is 15.5. The number of nitrogens with zero attached hydrogens (tertiary/aromatic N) is 2. The van der Waals surface area contributed by atoms with Crippen molar-refractivity contribution in [1.29, 1.82) is 0 Å². The number of aromatic nitrogens is 1. The molecule has 3 aromatic rings. The summed E-state index contributed by atoms with van der Waals surface area (Å²) in [4.78, 5) is 44.9. The van der Waals surface area contributed by atoms with Gasteiger partial charge in [-0.2, -0.15) is 0 Å². The Hall–Kier alpha value is -4.44. The molecule has 2 heterocycles. The Bertz CT molecular complexity index is 1390. The van der Waals surface area contributed by atoms with Crippen molar-refractivity contribution in [3.8, 4) is 11.5 Å². The molecule has 1 amide bonds. The molecule has 1 unspecified atom stereocenters. The van der Waals surface area contributed by atoms with Gasteiger partial charge in [-0.25, -0.2) is 9.78 Å². The summed E-state index contributed by atoms with van der Waals surface area (Å²) in [5.41, 5.74) is 1.11. The molecule has 1 aliphatic heterocycles. The topological polar surface area (TPSA) is 115 Å². The number of thiazole rings is 1. The Morgan fingerprint density at radius 3 is 2.24 bits per heavy atom. The summed E-state index contributed by atoms with van der Waals surface area (Å²) in [6.45, 7) is 5.16. The van der Waals surface area contributed by atoms with Crippen molar-refractivity contribution in [3.05, 3.63) is 88.5 Å². The zero-order chi connectivity index (χ0) is 26.7. The van der Waals surface area contributed by atoms with Gasteiger partial charge in [0.25, 0.3) is 5.78 Å². The minimum atomic E-state index is -1.00. The third kappa shape index (κ3) is 4.83. The normalized spacial score (nSPS) is 16.5. The van der Waals surface area contributed by atoms with Crippen molar-refractivity contribution in [2.45, 2.75) is 13.0 Å². The van der Waals surface area contributed by atoms with Gasteiger partial charge in [0.1, 0.15) is 28.7 Å². The smallest absolute Gasteiger partial charge is 0.350 e. The van der Waals surface area contributed by atoms with Gasteiger partial charge in [0.15, 0.2) is 5.13 Å². The van der Waals surface area contributed by atoms with Crippen LogP contribution in [0, 0.1) is 6.92 Å². The summed E-state index contributed by atoms with van der Waals surface area (Å²) >= 11 is 0.929. The lowest BCUT2D eigenvalue weighted by atomic mass is 9.95. The fourth-order valence-electron chi connectivity index (χ4n) is 3.91. The SMILES string of the molecule is C=CCOC(=O)c1sc(N2C(=O)C(=O)/C(=C(\O)c3ccc(OC)cc3)C2c2ccc(OC)cc2)nc1C. The minimum Gasteiger partial charge on any atom is -0.507 e. The number of esters is 1. The Kier molecular flexibility index (Phi) is 7.40. The summed E-state index contributed by atoms with van der Waals surface area (Å²) in [7, 11) is 3.04. The molecule has 0 aliphatic carbocycles. The van der Waals surface area contributed by atoms with Gasteiger partial charge in [0.05, 0.1) is 31.5 Å². The molecule has 1 fully saturated rings. The molecule has 190 valence electrons. The Balaban J connectivity index is 1.87. The number of benzene rings is 2. The van der Waals surface area contributed by atoms with E-state index in [1.165, 1.54) is 25.2 Å². The number of aliphatic hydroxyl groups is 1. The van der Waals surface area contributed by atoms with E-state index in [1.807, 2.05) is 0 Å². The van der Waals surface area contributed by atoms with Crippen LogP contribution in [0.15, 0.2) is 66.8 Å². The highest BCUT2D eigenvalue weighted by Gasteiger charge is 2.48. The largest absolute Gasteiger partial charge is 0.507 e. The van der Waals surface area contributed by atoms with E-state index in [2.05, 4.69) is 11.6 Å². The molecule has 9 nitrogen and oxygen atoms in total. The molecule has 0 radical (unpaired) electrons. The first-order valence-electron chi connectivity index (χ1n) is 11.2. The van der Waals surface area contributed by atoms with Crippen LogP contribution in [0.25, 0.3) is 5.76 Å². The number of anilines is 1. The van der Waals surface area contributed by atoms with Gasteiger partial charge in [-0.05, 0) is 48.9 Å². The molecule has 1 N–H and O–H groups in total. The highest BCUT2D eigenvalue weighted by atomic mass is 32.1. The molecule has 1 aromatic heterocycles. The Morgan fingerprint density at radius 2 is 1.68 bits per heavy atom. The second-order valence-electron chi connectivity index (χ2n) is 7.97. The van der Waals surface area contributed by atoms with Crippen molar-refractivity contribution in [3.63, 3.8) is 0 Å². The first kappa shape index (κ1) is 25.6. The molecule has 0 saturated carbocycles. The van der Waals surface area contributed by atoms with E-state index < -0.39 is 23.7 Å². The standard InChI is InChI=1S/C27H24N2O7S/c1-5-14-36-26(33)24-15(2)28-27(37-24)29-21(16-6-10-18(34-3)11-7-16)20(23(31)25(29)32)22(30)17-8-12-19(35-4)13-9-17/h5-13,21,30H,1,14H2,2-4H3/b22-20-. The first-order chi connectivity index (χ1) is 17.8. The predicted octanol–water partition coefficient (Wildman–Crippen LogP) is 4.44. The van der Waals surface area contributed by atoms with E-state index in [1.54, 1.807) is 55.5 Å². The molecule has 1 aliphatic rings. The second kappa shape index (κ2) is 10.7. The van der Waals surface area contributed by atoms with Gasteiger partial charge in [0, 0.05) is 5.56 Å². The lowest BCUT2D eigenvalue weighted by Crippen LogP contribution is -2.29. The van der Waals surface area contributed by atoms with E-state index in [0.29, 0.717) is 28.3 Å². The zero-order valence-electron chi connectivity index (χ0n) is 20.4. The van der Waals surface area contributed by atoms with Crippen molar-refractivity contribution in [1.82, 2.24) is 4.98 Å². The number of carbonyl (C=O) groups excluding carboxylic acids is 3. The maximum atomic E-state index is 13.3. The number of carbonyl (C=O) groups is 3. The lowest BCUT2D eigenvalue weighted by molar-refractivity contribution is -0.132. The van der Waals surface area contributed by atoms with Gasteiger partial charge in [-0.1, -0.05) is 36.1 Å². The number of amides is 1. The number of hydrogen-bond donors (Lipinski definition) is 1.